The summed E-state index contributed by atoms with van der Waals surface area (Å²) < 4.78 is 28.4. The Kier molecular flexibility index (Phi) is 8.21. The van der Waals surface area contributed by atoms with Crippen LogP contribution in [0.2, 0.25) is 0 Å². The quantitative estimate of drug-likeness (QED) is 0.516. The number of rotatable bonds is 9. The van der Waals surface area contributed by atoms with E-state index in [-0.39, 0.29) is 5.82 Å². The first-order valence-corrected chi connectivity index (χ1v) is 9.06. The fraction of sp³-hybridized carbons (Fsp3) is 0.273. The average Bonchev–Trinajstić information content (AvgIpc) is 2.73. The van der Waals surface area contributed by atoms with Crippen molar-refractivity contribution in [2.24, 2.45) is 0 Å². The number of esters is 1. The number of methoxy groups -OCH3 is 2. The summed E-state index contributed by atoms with van der Waals surface area (Å²) in [4.78, 5) is 24.0. The van der Waals surface area contributed by atoms with E-state index in [0.717, 1.165) is 11.1 Å². The third-order valence-electron chi connectivity index (χ3n) is 4.11. The molecule has 0 saturated carbocycles. The lowest BCUT2D eigenvalue weighted by Gasteiger charge is -2.12. The fourth-order valence-electron chi connectivity index (χ4n) is 2.51. The second-order valence-electron chi connectivity index (χ2n) is 6.19. The molecular weight excluding hydrogens is 377 g/mol. The molecule has 1 atom stereocenters. The zero-order chi connectivity index (χ0) is 21.2. The van der Waals surface area contributed by atoms with Crippen molar-refractivity contribution < 1.29 is 28.2 Å². The van der Waals surface area contributed by atoms with Crippen molar-refractivity contribution in [3.05, 3.63) is 65.5 Å². The smallest absolute Gasteiger partial charge is 0.331 e. The Morgan fingerprint density at radius 1 is 1.07 bits per heavy atom. The Hall–Kier alpha value is -3.35. The first-order chi connectivity index (χ1) is 13.9. The molecule has 29 heavy (non-hydrogen) atoms. The average molecular weight is 401 g/mol. The maximum Gasteiger partial charge on any atom is 0.331 e. The Labute approximate surface area is 169 Å². The SMILES string of the molecule is COc1ccc(/C=C/C(=O)O[C@@H](C)C(=O)NCCc2ccc(F)cc2)cc1OC. The second kappa shape index (κ2) is 10.8. The first kappa shape index (κ1) is 21.9. The minimum Gasteiger partial charge on any atom is -0.493 e. The lowest BCUT2D eigenvalue weighted by Crippen LogP contribution is -2.36. The van der Waals surface area contributed by atoms with Gasteiger partial charge in [0.15, 0.2) is 17.6 Å². The van der Waals surface area contributed by atoms with Crippen LogP contribution >= 0.6 is 0 Å². The zero-order valence-electron chi connectivity index (χ0n) is 16.6. The number of nitrogens with one attached hydrogen (secondary N) is 1. The van der Waals surface area contributed by atoms with Crippen LogP contribution in [-0.2, 0) is 20.7 Å². The van der Waals surface area contributed by atoms with Crippen molar-refractivity contribution in [1.29, 1.82) is 0 Å². The van der Waals surface area contributed by atoms with Crippen LogP contribution < -0.4 is 14.8 Å². The highest BCUT2D eigenvalue weighted by Crippen LogP contribution is 2.27. The molecule has 0 spiro atoms. The maximum absolute atomic E-state index is 12.9. The van der Waals surface area contributed by atoms with E-state index in [2.05, 4.69) is 5.32 Å². The van der Waals surface area contributed by atoms with Gasteiger partial charge in [0.25, 0.3) is 5.91 Å². The summed E-state index contributed by atoms with van der Waals surface area (Å²) in [6, 6.07) is 11.2. The van der Waals surface area contributed by atoms with Gasteiger partial charge in [-0.05, 0) is 54.8 Å². The summed E-state index contributed by atoms with van der Waals surface area (Å²) in [7, 11) is 3.06. The van der Waals surface area contributed by atoms with Crippen molar-refractivity contribution in [2.75, 3.05) is 20.8 Å². The third kappa shape index (κ3) is 6.95. The predicted octanol–water partition coefficient (Wildman–Crippen LogP) is 3.15. The summed E-state index contributed by atoms with van der Waals surface area (Å²) in [5.74, 6) is -0.226. The molecule has 0 aromatic heterocycles. The number of halogens is 1. The molecule has 2 aromatic carbocycles. The molecule has 6 nitrogen and oxygen atoms in total. The van der Waals surface area contributed by atoms with E-state index < -0.39 is 18.0 Å². The molecule has 7 heteroatoms. The number of carbonyl (C=O) groups is 2. The molecule has 2 rings (SSSR count). The molecule has 154 valence electrons. The maximum atomic E-state index is 12.9. The molecule has 2 aromatic rings. The van der Waals surface area contributed by atoms with E-state index in [4.69, 9.17) is 14.2 Å². The Bertz CT molecular complexity index is 864. The van der Waals surface area contributed by atoms with E-state index in [1.165, 1.54) is 39.4 Å². The molecule has 1 amide bonds. The number of hydrogen-bond acceptors (Lipinski definition) is 5. The zero-order valence-corrected chi connectivity index (χ0v) is 16.6. The summed E-state index contributed by atoms with van der Waals surface area (Å²) >= 11 is 0. The van der Waals surface area contributed by atoms with Gasteiger partial charge in [-0.15, -0.1) is 0 Å². The second-order valence-corrected chi connectivity index (χ2v) is 6.19. The van der Waals surface area contributed by atoms with Crippen molar-refractivity contribution in [2.45, 2.75) is 19.4 Å². The number of ether oxygens (including phenoxy) is 3. The molecule has 0 aliphatic heterocycles. The van der Waals surface area contributed by atoms with Gasteiger partial charge >= 0.3 is 5.97 Å². The number of amides is 1. The summed E-state index contributed by atoms with van der Waals surface area (Å²) in [5, 5.41) is 2.69. The van der Waals surface area contributed by atoms with E-state index in [1.807, 2.05) is 0 Å². The van der Waals surface area contributed by atoms with Crippen LogP contribution in [0.25, 0.3) is 6.08 Å². The highest BCUT2D eigenvalue weighted by molar-refractivity contribution is 5.90. The molecule has 0 radical (unpaired) electrons. The lowest BCUT2D eigenvalue weighted by molar-refractivity contribution is -0.150. The van der Waals surface area contributed by atoms with Crippen LogP contribution in [0.1, 0.15) is 18.1 Å². The van der Waals surface area contributed by atoms with Crippen LogP contribution in [0.4, 0.5) is 4.39 Å². The lowest BCUT2D eigenvalue weighted by atomic mass is 10.1. The molecule has 0 fully saturated rings. The monoisotopic (exact) mass is 401 g/mol. The van der Waals surface area contributed by atoms with E-state index in [0.29, 0.717) is 24.5 Å². The number of hydrogen-bond donors (Lipinski definition) is 1. The largest absolute Gasteiger partial charge is 0.493 e. The Balaban J connectivity index is 1.80. The van der Waals surface area contributed by atoms with E-state index in [1.54, 1.807) is 36.4 Å². The van der Waals surface area contributed by atoms with Crippen molar-refractivity contribution in [3.8, 4) is 11.5 Å². The molecule has 0 unspecified atom stereocenters. The molecular formula is C22H24FNO5. The summed E-state index contributed by atoms with van der Waals surface area (Å²) in [5.41, 5.74) is 1.62. The number of carbonyl (C=O) groups excluding carboxylic acids is 2. The van der Waals surface area contributed by atoms with Crippen LogP contribution in [0.5, 0.6) is 11.5 Å². The number of benzene rings is 2. The minimum atomic E-state index is -0.939. The topological polar surface area (TPSA) is 73.9 Å². The van der Waals surface area contributed by atoms with Crippen LogP contribution in [0, 0.1) is 5.82 Å². The third-order valence-corrected chi connectivity index (χ3v) is 4.11. The first-order valence-electron chi connectivity index (χ1n) is 9.06. The van der Waals surface area contributed by atoms with Crippen molar-refractivity contribution in [3.63, 3.8) is 0 Å². The van der Waals surface area contributed by atoms with Gasteiger partial charge in [0.2, 0.25) is 0 Å². The molecule has 0 heterocycles. The van der Waals surface area contributed by atoms with Gasteiger partial charge in [-0.25, -0.2) is 9.18 Å². The van der Waals surface area contributed by atoms with E-state index in [9.17, 15) is 14.0 Å². The van der Waals surface area contributed by atoms with Crippen LogP contribution in [0.3, 0.4) is 0 Å². The summed E-state index contributed by atoms with van der Waals surface area (Å²) in [6.07, 6.45) is 2.41. The minimum absolute atomic E-state index is 0.306. The normalized spacial score (nSPS) is 11.7. The van der Waals surface area contributed by atoms with Gasteiger partial charge in [0.05, 0.1) is 14.2 Å². The van der Waals surface area contributed by atoms with Crippen molar-refractivity contribution >= 4 is 18.0 Å². The molecule has 0 aliphatic carbocycles. The van der Waals surface area contributed by atoms with Gasteiger partial charge in [0, 0.05) is 12.6 Å². The van der Waals surface area contributed by atoms with Gasteiger partial charge in [-0.3, -0.25) is 4.79 Å². The van der Waals surface area contributed by atoms with E-state index >= 15 is 0 Å². The fourth-order valence-corrected chi connectivity index (χ4v) is 2.51. The molecule has 0 bridgehead atoms. The Morgan fingerprint density at radius 2 is 1.76 bits per heavy atom. The van der Waals surface area contributed by atoms with Crippen LogP contribution in [0.15, 0.2) is 48.5 Å². The highest BCUT2D eigenvalue weighted by Gasteiger charge is 2.16. The highest BCUT2D eigenvalue weighted by atomic mass is 19.1. The Morgan fingerprint density at radius 3 is 2.41 bits per heavy atom. The van der Waals surface area contributed by atoms with Gasteiger partial charge in [-0.1, -0.05) is 18.2 Å². The predicted molar refractivity (Wildman–Crippen MR) is 107 cm³/mol. The molecule has 1 N–H and O–H groups in total. The summed E-state index contributed by atoms with van der Waals surface area (Å²) in [6.45, 7) is 1.85. The molecule has 0 aliphatic rings. The standard InChI is InChI=1S/C22H24FNO5/c1-15(22(26)24-13-12-16-4-8-18(23)9-5-16)29-21(25)11-7-17-6-10-19(27-2)20(14-17)28-3/h4-11,14-15H,12-13H2,1-3H3,(H,24,26)/b11-7+/t15-/m0/s1. The van der Waals surface area contributed by atoms with Gasteiger partial charge < -0.3 is 19.5 Å². The van der Waals surface area contributed by atoms with Crippen molar-refractivity contribution in [1.82, 2.24) is 5.32 Å². The van der Waals surface area contributed by atoms with Gasteiger partial charge in [0.1, 0.15) is 5.82 Å². The van der Waals surface area contributed by atoms with Gasteiger partial charge in [-0.2, -0.15) is 0 Å². The molecule has 0 saturated heterocycles. The van der Waals surface area contributed by atoms with Crippen LogP contribution in [-0.4, -0.2) is 38.7 Å².